The van der Waals surface area contributed by atoms with Gasteiger partial charge in [0.15, 0.2) is 5.58 Å². The number of nitrogens with zero attached hydrogens (tertiary/aromatic N) is 3. The average Bonchev–Trinajstić information content (AvgIpc) is 3.54. The first-order chi connectivity index (χ1) is 16.7. The van der Waals surface area contributed by atoms with E-state index in [-0.39, 0.29) is 5.91 Å². The van der Waals surface area contributed by atoms with Crippen molar-refractivity contribution in [3.05, 3.63) is 54.3 Å². The van der Waals surface area contributed by atoms with Gasteiger partial charge in [-0.15, -0.1) is 0 Å². The number of hydrogen-bond acceptors (Lipinski definition) is 8. The zero-order chi connectivity index (χ0) is 23.3. The Morgan fingerprint density at radius 2 is 2.06 bits per heavy atom. The Kier molecular flexibility index (Phi) is 6.55. The fraction of sp³-hybridized carbons (Fsp3) is 0.320. The second-order valence-corrected chi connectivity index (χ2v) is 8.08. The smallest absolute Gasteiger partial charge is 0.251 e. The Balaban J connectivity index is 1.28. The third-order valence-corrected chi connectivity index (χ3v) is 5.84. The molecule has 0 unspecified atom stereocenters. The fourth-order valence-corrected chi connectivity index (χ4v) is 3.97. The minimum atomic E-state index is -0.131. The third kappa shape index (κ3) is 4.80. The van der Waals surface area contributed by atoms with Crippen molar-refractivity contribution in [3.63, 3.8) is 0 Å². The molecule has 0 atom stereocenters. The van der Waals surface area contributed by atoms with Crippen molar-refractivity contribution >= 4 is 16.9 Å². The minimum absolute atomic E-state index is 0.131. The number of benzene rings is 2. The lowest BCUT2D eigenvalue weighted by Crippen LogP contribution is -2.38. The fourth-order valence-electron chi connectivity index (χ4n) is 3.97. The van der Waals surface area contributed by atoms with E-state index in [0.717, 1.165) is 44.8 Å². The number of nitrogens with one attached hydrogen (secondary N) is 1. The van der Waals surface area contributed by atoms with Crippen LogP contribution < -0.4 is 10.1 Å². The molecule has 9 nitrogen and oxygen atoms in total. The number of aromatic nitrogens is 2. The molecule has 0 radical (unpaired) electrons. The Morgan fingerprint density at radius 1 is 1.18 bits per heavy atom. The Morgan fingerprint density at radius 3 is 2.91 bits per heavy atom. The van der Waals surface area contributed by atoms with Crippen LogP contribution in [0.1, 0.15) is 16.8 Å². The molecule has 9 heteroatoms. The zero-order valence-electron chi connectivity index (χ0n) is 19.0. The van der Waals surface area contributed by atoms with Crippen molar-refractivity contribution in [1.29, 1.82) is 0 Å². The van der Waals surface area contributed by atoms with Crippen molar-refractivity contribution in [2.24, 2.45) is 0 Å². The molecule has 1 aliphatic heterocycles. The van der Waals surface area contributed by atoms with Crippen LogP contribution in [0.15, 0.2) is 57.7 Å². The number of methoxy groups -OCH3 is 1. The molecule has 1 aliphatic rings. The Hall–Kier alpha value is -3.69. The molecule has 0 aliphatic carbocycles. The van der Waals surface area contributed by atoms with E-state index in [0.29, 0.717) is 46.1 Å². The van der Waals surface area contributed by atoms with E-state index in [9.17, 15) is 4.79 Å². The van der Waals surface area contributed by atoms with Crippen LogP contribution >= 0.6 is 0 Å². The normalized spacial score (nSPS) is 14.4. The van der Waals surface area contributed by atoms with Gasteiger partial charge in [0, 0.05) is 30.8 Å². The van der Waals surface area contributed by atoms with Crippen LogP contribution in [0.3, 0.4) is 0 Å². The molecule has 176 valence electrons. The highest BCUT2D eigenvalue weighted by Gasteiger charge is 2.18. The van der Waals surface area contributed by atoms with Gasteiger partial charge in [-0.25, -0.2) is 4.98 Å². The van der Waals surface area contributed by atoms with Crippen LogP contribution in [0.25, 0.3) is 33.8 Å². The molecule has 34 heavy (non-hydrogen) atoms. The molecule has 2 aromatic carbocycles. The number of ether oxygens (including phenoxy) is 2. The van der Waals surface area contributed by atoms with Gasteiger partial charge in [0.05, 0.1) is 25.7 Å². The van der Waals surface area contributed by atoms with E-state index in [4.69, 9.17) is 18.4 Å². The van der Waals surface area contributed by atoms with E-state index < -0.39 is 0 Å². The Bertz CT molecular complexity index is 1280. The highest BCUT2D eigenvalue weighted by atomic mass is 16.5. The maximum atomic E-state index is 12.7. The molecule has 0 saturated carbocycles. The van der Waals surface area contributed by atoms with Gasteiger partial charge in [0.1, 0.15) is 23.4 Å². The summed E-state index contributed by atoms with van der Waals surface area (Å²) in [5.41, 5.74) is 2.95. The van der Waals surface area contributed by atoms with Crippen LogP contribution in [-0.4, -0.2) is 67.5 Å². The van der Waals surface area contributed by atoms with Gasteiger partial charge < -0.3 is 23.7 Å². The number of fused-ring (bicyclic) bond motifs is 1. The quantitative estimate of drug-likeness (QED) is 0.396. The lowest BCUT2D eigenvalue weighted by atomic mass is 10.1. The van der Waals surface area contributed by atoms with Crippen LogP contribution in [0.5, 0.6) is 5.75 Å². The summed E-state index contributed by atoms with van der Waals surface area (Å²) in [5.74, 6) is 1.03. The van der Waals surface area contributed by atoms with Crippen molar-refractivity contribution in [3.8, 4) is 28.6 Å². The largest absolute Gasteiger partial charge is 0.497 e. The second kappa shape index (κ2) is 10.1. The zero-order valence-corrected chi connectivity index (χ0v) is 19.0. The van der Waals surface area contributed by atoms with Crippen LogP contribution in [0, 0.1) is 0 Å². The van der Waals surface area contributed by atoms with Gasteiger partial charge >= 0.3 is 0 Å². The van der Waals surface area contributed by atoms with Gasteiger partial charge in [-0.2, -0.15) is 0 Å². The van der Waals surface area contributed by atoms with Gasteiger partial charge in [-0.3, -0.25) is 9.69 Å². The summed E-state index contributed by atoms with van der Waals surface area (Å²) >= 11 is 0. The summed E-state index contributed by atoms with van der Waals surface area (Å²) in [6.45, 7) is 5.00. The van der Waals surface area contributed by atoms with E-state index in [1.54, 1.807) is 25.3 Å². The minimum Gasteiger partial charge on any atom is -0.497 e. The average molecular weight is 463 g/mol. The van der Waals surface area contributed by atoms with E-state index in [1.165, 1.54) is 6.26 Å². The molecular weight excluding hydrogens is 436 g/mol. The summed E-state index contributed by atoms with van der Waals surface area (Å²) in [6.07, 6.45) is 2.42. The number of morpholine rings is 1. The SMILES string of the molecule is COc1cccc(-c2nc(-c3noc4ccc(C(=O)NCCCN5CCOCC5)cc34)co2)c1. The summed E-state index contributed by atoms with van der Waals surface area (Å²) < 4.78 is 21.8. The van der Waals surface area contributed by atoms with Crippen molar-refractivity contribution < 1.29 is 23.2 Å². The molecule has 0 spiro atoms. The number of carbonyl (C=O) groups is 1. The first kappa shape index (κ1) is 22.1. The standard InChI is InChI=1S/C25H26N4O5/c1-31-19-5-2-4-18(14-19)25-27-21(16-33-25)23-20-15-17(6-7-22(20)34-28-23)24(30)26-8-3-9-29-10-12-32-13-11-29/h2,4-7,14-16H,3,8-13H2,1H3,(H,26,30). The molecule has 0 bridgehead atoms. The van der Waals surface area contributed by atoms with E-state index in [2.05, 4.69) is 20.4 Å². The van der Waals surface area contributed by atoms with Crippen LogP contribution in [0.2, 0.25) is 0 Å². The molecule has 3 heterocycles. The number of rotatable bonds is 8. The maximum absolute atomic E-state index is 12.7. The molecule has 5 rings (SSSR count). The summed E-state index contributed by atoms with van der Waals surface area (Å²) in [5, 5.41) is 7.86. The van der Waals surface area contributed by atoms with E-state index >= 15 is 0 Å². The molecule has 4 aromatic rings. The predicted octanol–water partition coefficient (Wildman–Crippen LogP) is 3.61. The monoisotopic (exact) mass is 462 g/mol. The highest BCUT2D eigenvalue weighted by molar-refractivity contribution is 6.00. The van der Waals surface area contributed by atoms with E-state index in [1.807, 2.05) is 24.3 Å². The van der Waals surface area contributed by atoms with Crippen LogP contribution in [0.4, 0.5) is 0 Å². The van der Waals surface area contributed by atoms with Gasteiger partial charge in [-0.05, 0) is 49.4 Å². The summed E-state index contributed by atoms with van der Waals surface area (Å²) in [7, 11) is 1.61. The first-order valence-electron chi connectivity index (χ1n) is 11.3. The molecular formula is C25H26N4O5. The van der Waals surface area contributed by atoms with Gasteiger partial charge in [-0.1, -0.05) is 11.2 Å². The topological polar surface area (TPSA) is 103 Å². The Labute approximate surface area is 196 Å². The predicted molar refractivity (Wildman–Crippen MR) is 126 cm³/mol. The lowest BCUT2D eigenvalue weighted by molar-refractivity contribution is 0.0374. The van der Waals surface area contributed by atoms with Crippen molar-refractivity contribution in [2.75, 3.05) is 46.5 Å². The number of amides is 1. The molecule has 1 fully saturated rings. The van der Waals surface area contributed by atoms with Gasteiger partial charge in [0.2, 0.25) is 5.89 Å². The molecule has 1 saturated heterocycles. The second-order valence-electron chi connectivity index (χ2n) is 8.08. The lowest BCUT2D eigenvalue weighted by Gasteiger charge is -2.26. The molecule has 2 aromatic heterocycles. The number of oxazole rings is 1. The molecule has 1 N–H and O–H groups in total. The van der Waals surface area contributed by atoms with Crippen molar-refractivity contribution in [1.82, 2.24) is 20.4 Å². The number of hydrogen-bond donors (Lipinski definition) is 1. The number of carbonyl (C=O) groups excluding carboxylic acids is 1. The molecule has 1 amide bonds. The van der Waals surface area contributed by atoms with Gasteiger partial charge in [0.25, 0.3) is 5.91 Å². The van der Waals surface area contributed by atoms with Crippen LogP contribution in [-0.2, 0) is 4.74 Å². The summed E-state index contributed by atoms with van der Waals surface area (Å²) in [6, 6.07) is 12.7. The third-order valence-electron chi connectivity index (χ3n) is 5.84. The maximum Gasteiger partial charge on any atom is 0.251 e. The van der Waals surface area contributed by atoms with Crippen molar-refractivity contribution in [2.45, 2.75) is 6.42 Å². The first-order valence-corrected chi connectivity index (χ1v) is 11.3. The highest BCUT2D eigenvalue weighted by Crippen LogP contribution is 2.31. The summed E-state index contributed by atoms with van der Waals surface area (Å²) in [4.78, 5) is 19.6.